The molecule has 0 aliphatic rings. The first-order valence-electron chi connectivity index (χ1n) is 8.66. The van der Waals surface area contributed by atoms with Crippen molar-refractivity contribution in [3.8, 4) is 0 Å². The topological polar surface area (TPSA) is 58.2 Å². The molecule has 0 aromatic heterocycles. The number of benzene rings is 3. The minimum atomic E-state index is -0.361. The molecule has 3 rings (SSSR count). The summed E-state index contributed by atoms with van der Waals surface area (Å²) in [6.45, 7) is 1.92. The predicted molar refractivity (Wildman–Crippen MR) is 113 cm³/mol. The van der Waals surface area contributed by atoms with Gasteiger partial charge in [0.25, 0.3) is 11.8 Å². The average Bonchev–Trinajstić information content (AvgIpc) is 2.68. The summed E-state index contributed by atoms with van der Waals surface area (Å²) in [5.74, 6) is -0.585. The Labute approximate surface area is 173 Å². The molecule has 0 heterocycles. The third kappa shape index (κ3) is 5.12. The van der Waals surface area contributed by atoms with Gasteiger partial charge in [0.1, 0.15) is 0 Å². The Morgan fingerprint density at radius 2 is 1.46 bits per heavy atom. The van der Waals surface area contributed by atoms with Crippen LogP contribution in [-0.4, -0.2) is 11.8 Å². The van der Waals surface area contributed by atoms with Gasteiger partial charge in [-0.3, -0.25) is 9.59 Å². The molecule has 0 saturated carbocycles. The number of carbonyl (C=O) groups excluding carboxylic acids is 2. The van der Waals surface area contributed by atoms with E-state index in [1.54, 1.807) is 30.3 Å². The third-order valence-electron chi connectivity index (χ3n) is 4.15. The number of anilines is 1. The average molecular weight is 413 g/mol. The minimum absolute atomic E-state index is 0.138. The van der Waals surface area contributed by atoms with Crippen LogP contribution in [0.15, 0.2) is 72.8 Å². The van der Waals surface area contributed by atoms with E-state index >= 15 is 0 Å². The number of hydrogen-bond donors (Lipinski definition) is 2. The lowest BCUT2D eigenvalue weighted by Gasteiger charge is -2.15. The van der Waals surface area contributed by atoms with Gasteiger partial charge < -0.3 is 10.6 Å². The van der Waals surface area contributed by atoms with Gasteiger partial charge in [-0.15, -0.1) is 0 Å². The van der Waals surface area contributed by atoms with Gasteiger partial charge in [0, 0.05) is 26.9 Å². The van der Waals surface area contributed by atoms with Gasteiger partial charge in [0.15, 0.2) is 0 Å². The second kappa shape index (κ2) is 8.91. The molecule has 0 aliphatic heterocycles. The maximum Gasteiger partial charge on any atom is 0.255 e. The molecule has 3 aromatic carbocycles. The normalized spacial score (nSPS) is 11.5. The second-order valence-corrected chi connectivity index (χ2v) is 7.17. The van der Waals surface area contributed by atoms with Crippen molar-refractivity contribution < 1.29 is 9.59 Å². The summed E-state index contributed by atoms with van der Waals surface area (Å²) in [6, 6.07) is 20.9. The van der Waals surface area contributed by atoms with Crippen LogP contribution in [0.5, 0.6) is 0 Å². The Kier molecular flexibility index (Phi) is 6.34. The van der Waals surface area contributed by atoms with Gasteiger partial charge in [-0.1, -0.05) is 59.6 Å². The molecule has 1 unspecified atom stereocenters. The maximum absolute atomic E-state index is 12.6. The number of rotatable bonds is 5. The largest absolute Gasteiger partial charge is 0.346 e. The molecule has 4 nitrogen and oxygen atoms in total. The molecule has 0 fully saturated rings. The van der Waals surface area contributed by atoms with Gasteiger partial charge in [-0.25, -0.2) is 0 Å². The zero-order valence-corrected chi connectivity index (χ0v) is 16.6. The van der Waals surface area contributed by atoms with Crippen LogP contribution in [0.2, 0.25) is 10.0 Å². The highest BCUT2D eigenvalue weighted by atomic mass is 35.5. The lowest BCUT2D eigenvalue weighted by molar-refractivity contribution is 0.0938. The maximum atomic E-state index is 12.6. The number of carbonyl (C=O) groups is 2. The number of halogens is 2. The van der Waals surface area contributed by atoms with E-state index in [1.807, 2.05) is 37.3 Å². The molecule has 3 aromatic rings. The summed E-state index contributed by atoms with van der Waals surface area (Å²) < 4.78 is 0. The van der Waals surface area contributed by atoms with E-state index in [4.69, 9.17) is 23.2 Å². The van der Waals surface area contributed by atoms with Crippen LogP contribution in [0.1, 0.15) is 39.2 Å². The molecule has 0 radical (unpaired) electrons. The van der Waals surface area contributed by atoms with Gasteiger partial charge in [-0.2, -0.15) is 0 Å². The summed E-state index contributed by atoms with van der Waals surface area (Å²) in [5, 5.41) is 6.46. The number of hydrogen-bond acceptors (Lipinski definition) is 2. The van der Waals surface area contributed by atoms with Gasteiger partial charge in [-0.05, 0) is 48.9 Å². The molecule has 2 N–H and O–H groups in total. The van der Waals surface area contributed by atoms with E-state index < -0.39 is 0 Å². The van der Waals surface area contributed by atoms with Crippen molar-refractivity contribution in [1.29, 1.82) is 0 Å². The molecule has 1 atom stereocenters. The van der Waals surface area contributed by atoms with E-state index in [9.17, 15) is 9.59 Å². The van der Waals surface area contributed by atoms with Crippen LogP contribution in [0.3, 0.4) is 0 Å². The molecule has 0 spiro atoms. The fraction of sp³-hybridized carbons (Fsp3) is 0.0909. The number of amides is 2. The highest BCUT2D eigenvalue weighted by molar-refractivity contribution is 6.35. The van der Waals surface area contributed by atoms with Crippen LogP contribution >= 0.6 is 23.2 Å². The molecule has 0 bridgehead atoms. The van der Waals surface area contributed by atoms with Crippen molar-refractivity contribution in [3.05, 3.63) is 99.5 Å². The molecular formula is C22H18Cl2N2O2. The Hall–Kier alpha value is -2.82. The quantitative estimate of drug-likeness (QED) is 0.561. The zero-order valence-electron chi connectivity index (χ0n) is 15.1. The molecule has 6 heteroatoms. The van der Waals surface area contributed by atoms with E-state index in [1.165, 1.54) is 12.1 Å². The fourth-order valence-electron chi connectivity index (χ4n) is 2.73. The third-order valence-corrected chi connectivity index (χ3v) is 4.59. The fourth-order valence-corrected chi connectivity index (χ4v) is 3.26. The lowest BCUT2D eigenvalue weighted by Crippen LogP contribution is -2.26. The second-order valence-electron chi connectivity index (χ2n) is 6.30. The molecule has 0 aliphatic carbocycles. The van der Waals surface area contributed by atoms with Crippen LogP contribution in [0.25, 0.3) is 0 Å². The lowest BCUT2D eigenvalue weighted by atomic mass is 10.1. The van der Waals surface area contributed by atoms with Crippen LogP contribution in [-0.2, 0) is 0 Å². The van der Waals surface area contributed by atoms with E-state index in [0.717, 1.165) is 5.56 Å². The predicted octanol–water partition coefficient (Wildman–Crippen LogP) is 5.74. The minimum Gasteiger partial charge on any atom is -0.346 e. The van der Waals surface area contributed by atoms with E-state index in [0.29, 0.717) is 26.9 Å². The number of nitrogens with one attached hydrogen (secondary N) is 2. The van der Waals surface area contributed by atoms with Crippen molar-refractivity contribution in [2.24, 2.45) is 0 Å². The van der Waals surface area contributed by atoms with Crippen LogP contribution < -0.4 is 10.6 Å². The summed E-state index contributed by atoms with van der Waals surface area (Å²) in [6.07, 6.45) is 0. The highest BCUT2D eigenvalue weighted by Crippen LogP contribution is 2.21. The summed E-state index contributed by atoms with van der Waals surface area (Å²) in [5.41, 5.74) is 2.30. The van der Waals surface area contributed by atoms with Gasteiger partial charge in [0.05, 0.1) is 6.04 Å². The van der Waals surface area contributed by atoms with Crippen LogP contribution in [0, 0.1) is 0 Å². The first-order chi connectivity index (χ1) is 13.4. The standard InChI is InChI=1S/C22H18Cl2N2O2/c1-14(15-6-3-2-4-7-15)25-21(27)16-8-5-9-20(12-16)26-22(28)17-10-18(23)13-19(24)11-17/h2-14H,1H3,(H,25,27)(H,26,28). The molecule has 0 saturated heterocycles. The Balaban J connectivity index is 1.71. The Bertz CT molecular complexity index is 986. The van der Waals surface area contributed by atoms with E-state index in [2.05, 4.69) is 10.6 Å². The Morgan fingerprint density at radius 1 is 0.786 bits per heavy atom. The first kappa shape index (κ1) is 19.9. The summed E-state index contributed by atoms with van der Waals surface area (Å²) in [4.78, 5) is 25.0. The highest BCUT2D eigenvalue weighted by Gasteiger charge is 2.13. The zero-order chi connectivity index (χ0) is 20.1. The van der Waals surface area contributed by atoms with Crippen molar-refractivity contribution in [2.45, 2.75) is 13.0 Å². The summed E-state index contributed by atoms with van der Waals surface area (Å²) in [7, 11) is 0. The smallest absolute Gasteiger partial charge is 0.255 e. The molecular weight excluding hydrogens is 395 g/mol. The van der Waals surface area contributed by atoms with Crippen molar-refractivity contribution in [3.63, 3.8) is 0 Å². The Morgan fingerprint density at radius 3 is 2.14 bits per heavy atom. The SMILES string of the molecule is CC(NC(=O)c1cccc(NC(=O)c2cc(Cl)cc(Cl)c2)c1)c1ccccc1. The van der Waals surface area contributed by atoms with E-state index in [-0.39, 0.29) is 17.9 Å². The first-order valence-corrected chi connectivity index (χ1v) is 9.41. The van der Waals surface area contributed by atoms with Crippen molar-refractivity contribution >= 4 is 40.7 Å². The summed E-state index contributed by atoms with van der Waals surface area (Å²) >= 11 is 11.9. The van der Waals surface area contributed by atoms with Crippen molar-refractivity contribution in [1.82, 2.24) is 5.32 Å². The van der Waals surface area contributed by atoms with Gasteiger partial charge >= 0.3 is 0 Å². The van der Waals surface area contributed by atoms with Gasteiger partial charge in [0.2, 0.25) is 0 Å². The van der Waals surface area contributed by atoms with Crippen molar-refractivity contribution in [2.75, 3.05) is 5.32 Å². The monoisotopic (exact) mass is 412 g/mol. The molecule has 2 amide bonds. The van der Waals surface area contributed by atoms with Crippen LogP contribution in [0.4, 0.5) is 5.69 Å². The molecule has 142 valence electrons. The molecule has 28 heavy (non-hydrogen) atoms.